The Morgan fingerprint density at radius 3 is 3.00 bits per heavy atom. The van der Waals surface area contributed by atoms with Gasteiger partial charge in [-0.2, -0.15) is 9.61 Å². The summed E-state index contributed by atoms with van der Waals surface area (Å²) in [6.45, 7) is 0.329. The third-order valence-corrected chi connectivity index (χ3v) is 2.61. The van der Waals surface area contributed by atoms with Crippen LogP contribution < -0.4 is 11.4 Å². The van der Waals surface area contributed by atoms with E-state index in [1.807, 2.05) is 30.3 Å². The van der Waals surface area contributed by atoms with Crippen LogP contribution in [-0.4, -0.2) is 14.6 Å². The summed E-state index contributed by atoms with van der Waals surface area (Å²) in [6.07, 6.45) is 0. The Hall–Kier alpha value is -2.14. The van der Waals surface area contributed by atoms with Crippen molar-refractivity contribution in [3.05, 3.63) is 46.5 Å². The van der Waals surface area contributed by atoms with Gasteiger partial charge in [0.25, 0.3) is 0 Å². The maximum absolute atomic E-state index is 11.7. The van der Waals surface area contributed by atoms with Crippen molar-refractivity contribution in [3.63, 3.8) is 0 Å². The van der Waals surface area contributed by atoms with E-state index in [9.17, 15) is 4.79 Å². The molecule has 2 heterocycles. The molecule has 3 aromatic rings. The number of aromatic nitrogens is 3. The van der Waals surface area contributed by atoms with Gasteiger partial charge in [-0.25, -0.2) is 4.79 Å². The molecule has 0 atom stereocenters. The molecule has 0 fully saturated rings. The van der Waals surface area contributed by atoms with Gasteiger partial charge < -0.3 is 10.7 Å². The second-order valence-electron chi connectivity index (χ2n) is 3.61. The van der Waals surface area contributed by atoms with Crippen LogP contribution in [0.1, 0.15) is 5.69 Å². The number of nitrogens with two attached hydrogens (primary N) is 1. The van der Waals surface area contributed by atoms with E-state index in [-0.39, 0.29) is 5.69 Å². The van der Waals surface area contributed by atoms with Crippen LogP contribution in [0.4, 0.5) is 0 Å². The summed E-state index contributed by atoms with van der Waals surface area (Å²) in [7, 11) is 0. The lowest BCUT2D eigenvalue weighted by Crippen LogP contribution is -2.17. The fourth-order valence-electron chi connectivity index (χ4n) is 1.86. The highest BCUT2D eigenvalue weighted by atomic mass is 16.1. The summed E-state index contributed by atoms with van der Waals surface area (Å²) in [5, 5.41) is 5.10. The van der Waals surface area contributed by atoms with Crippen LogP contribution >= 0.6 is 0 Å². The molecule has 0 aliphatic heterocycles. The smallest absolute Gasteiger partial charge is 0.325 e. The molecule has 5 heteroatoms. The van der Waals surface area contributed by atoms with Gasteiger partial charge in [0.1, 0.15) is 0 Å². The van der Waals surface area contributed by atoms with Crippen LogP contribution in [0, 0.1) is 0 Å². The van der Waals surface area contributed by atoms with Crippen molar-refractivity contribution in [1.29, 1.82) is 0 Å². The Kier molecular flexibility index (Phi) is 1.81. The minimum Gasteiger partial charge on any atom is -0.325 e. The number of nitrogens with one attached hydrogen (secondary N) is 1. The van der Waals surface area contributed by atoms with Crippen molar-refractivity contribution in [3.8, 4) is 0 Å². The maximum Gasteiger partial charge on any atom is 0.347 e. The van der Waals surface area contributed by atoms with Gasteiger partial charge in [0, 0.05) is 11.9 Å². The minimum atomic E-state index is -0.242. The first kappa shape index (κ1) is 9.11. The number of para-hydroxylation sites is 1. The van der Waals surface area contributed by atoms with Crippen molar-refractivity contribution >= 4 is 16.4 Å². The second-order valence-corrected chi connectivity index (χ2v) is 3.61. The van der Waals surface area contributed by atoms with E-state index in [1.54, 1.807) is 0 Å². The fraction of sp³-hybridized carbons (Fsp3) is 0.0909. The van der Waals surface area contributed by atoms with Gasteiger partial charge in [0.2, 0.25) is 0 Å². The molecule has 0 saturated carbocycles. The molecule has 5 nitrogen and oxygen atoms in total. The molecule has 3 N–H and O–H groups in total. The molecule has 0 unspecified atom stereocenters. The van der Waals surface area contributed by atoms with Gasteiger partial charge in [-0.3, -0.25) is 0 Å². The van der Waals surface area contributed by atoms with Crippen molar-refractivity contribution in [2.45, 2.75) is 6.54 Å². The first-order chi connectivity index (χ1) is 7.79. The summed E-state index contributed by atoms with van der Waals surface area (Å²) >= 11 is 0. The SMILES string of the molecule is NCc1cc2c3ccccc3[nH]c(=O)n2n1. The van der Waals surface area contributed by atoms with E-state index >= 15 is 0 Å². The van der Waals surface area contributed by atoms with Crippen LogP contribution in [0.15, 0.2) is 35.1 Å². The van der Waals surface area contributed by atoms with Gasteiger partial charge >= 0.3 is 5.69 Å². The number of hydrogen-bond donors (Lipinski definition) is 2. The normalized spacial score (nSPS) is 11.3. The predicted molar refractivity (Wildman–Crippen MR) is 61.2 cm³/mol. The number of nitrogens with zero attached hydrogens (tertiary/aromatic N) is 2. The zero-order valence-electron chi connectivity index (χ0n) is 8.47. The lowest BCUT2D eigenvalue weighted by atomic mass is 10.2. The van der Waals surface area contributed by atoms with Crippen LogP contribution in [0.3, 0.4) is 0 Å². The molecule has 3 rings (SSSR count). The quantitative estimate of drug-likeness (QED) is 0.624. The van der Waals surface area contributed by atoms with Crippen molar-refractivity contribution in [2.75, 3.05) is 0 Å². The minimum absolute atomic E-state index is 0.242. The third-order valence-electron chi connectivity index (χ3n) is 2.61. The molecular formula is C11H10N4O. The van der Waals surface area contributed by atoms with Crippen LogP contribution in [0.2, 0.25) is 0 Å². The molecule has 0 amide bonds. The Morgan fingerprint density at radius 1 is 1.38 bits per heavy atom. The molecule has 0 aliphatic carbocycles. The van der Waals surface area contributed by atoms with Crippen LogP contribution in [-0.2, 0) is 6.54 Å². The monoisotopic (exact) mass is 214 g/mol. The number of aromatic amines is 1. The van der Waals surface area contributed by atoms with Crippen LogP contribution in [0.25, 0.3) is 16.4 Å². The number of benzene rings is 1. The Bertz CT molecular complexity index is 726. The molecule has 0 saturated heterocycles. The van der Waals surface area contributed by atoms with Gasteiger partial charge in [-0.1, -0.05) is 18.2 Å². The fourth-order valence-corrected chi connectivity index (χ4v) is 1.86. The number of hydrogen-bond acceptors (Lipinski definition) is 3. The third kappa shape index (κ3) is 1.15. The molecule has 0 radical (unpaired) electrons. The molecular weight excluding hydrogens is 204 g/mol. The standard InChI is InChI=1S/C11H10N4O/c12-6-7-5-10-8-3-1-2-4-9(8)13-11(16)15(10)14-7/h1-5H,6,12H2,(H,13,16). The molecule has 2 aromatic heterocycles. The van der Waals surface area contributed by atoms with E-state index in [0.717, 1.165) is 16.4 Å². The zero-order valence-corrected chi connectivity index (χ0v) is 8.47. The average molecular weight is 214 g/mol. The number of H-pyrrole nitrogens is 1. The molecule has 80 valence electrons. The zero-order chi connectivity index (χ0) is 11.1. The van der Waals surface area contributed by atoms with Crippen molar-refractivity contribution in [1.82, 2.24) is 14.6 Å². The summed E-state index contributed by atoms with van der Waals surface area (Å²) in [4.78, 5) is 14.5. The maximum atomic E-state index is 11.7. The summed E-state index contributed by atoms with van der Waals surface area (Å²) in [5.41, 5.74) is 7.59. The van der Waals surface area contributed by atoms with Crippen molar-refractivity contribution < 1.29 is 0 Å². The molecule has 0 bridgehead atoms. The predicted octanol–water partition coefficient (Wildman–Crippen LogP) is 0.634. The van der Waals surface area contributed by atoms with Gasteiger partial charge in [0.15, 0.2) is 0 Å². The highest BCUT2D eigenvalue weighted by molar-refractivity contribution is 5.93. The van der Waals surface area contributed by atoms with E-state index in [0.29, 0.717) is 12.2 Å². The van der Waals surface area contributed by atoms with Gasteiger partial charge in [0.05, 0.1) is 16.7 Å². The van der Waals surface area contributed by atoms with Crippen molar-refractivity contribution in [2.24, 2.45) is 5.73 Å². The Balaban J connectivity index is 2.57. The van der Waals surface area contributed by atoms with E-state index in [1.165, 1.54) is 4.52 Å². The van der Waals surface area contributed by atoms with E-state index < -0.39 is 0 Å². The largest absolute Gasteiger partial charge is 0.347 e. The Morgan fingerprint density at radius 2 is 2.19 bits per heavy atom. The van der Waals surface area contributed by atoms with Gasteiger partial charge in [-0.15, -0.1) is 0 Å². The second kappa shape index (κ2) is 3.18. The van der Waals surface area contributed by atoms with E-state index in [2.05, 4.69) is 10.1 Å². The Labute approximate surface area is 90.5 Å². The average Bonchev–Trinajstić information content (AvgIpc) is 2.74. The lowest BCUT2D eigenvalue weighted by Gasteiger charge is -1.98. The molecule has 1 aromatic carbocycles. The summed E-state index contributed by atoms with van der Waals surface area (Å²) < 4.78 is 1.35. The van der Waals surface area contributed by atoms with Gasteiger partial charge in [-0.05, 0) is 12.1 Å². The van der Waals surface area contributed by atoms with E-state index in [4.69, 9.17) is 5.73 Å². The molecule has 0 spiro atoms. The highest BCUT2D eigenvalue weighted by Gasteiger charge is 2.07. The lowest BCUT2D eigenvalue weighted by molar-refractivity contribution is 0.836. The molecule has 16 heavy (non-hydrogen) atoms. The number of rotatable bonds is 1. The summed E-state index contributed by atoms with van der Waals surface area (Å²) in [6, 6.07) is 9.47. The first-order valence-corrected chi connectivity index (χ1v) is 4.99. The first-order valence-electron chi connectivity index (χ1n) is 4.99. The summed E-state index contributed by atoms with van der Waals surface area (Å²) in [5.74, 6) is 0. The number of fused-ring (bicyclic) bond motifs is 3. The van der Waals surface area contributed by atoms with Crippen LogP contribution in [0.5, 0.6) is 0 Å². The molecule has 0 aliphatic rings. The topological polar surface area (TPSA) is 76.2 Å². The highest BCUT2D eigenvalue weighted by Crippen LogP contribution is 2.16.